The van der Waals surface area contributed by atoms with E-state index in [1.54, 1.807) is 6.20 Å². The van der Waals surface area contributed by atoms with E-state index in [2.05, 4.69) is 15.2 Å². The highest BCUT2D eigenvalue weighted by Gasteiger charge is 2.25. The van der Waals surface area contributed by atoms with Gasteiger partial charge in [0.05, 0.1) is 12.3 Å². The molecule has 1 aromatic rings. The van der Waals surface area contributed by atoms with E-state index >= 15 is 0 Å². The van der Waals surface area contributed by atoms with Gasteiger partial charge in [0.2, 0.25) is 5.91 Å². The van der Waals surface area contributed by atoms with Crippen molar-refractivity contribution in [3.8, 4) is 0 Å². The summed E-state index contributed by atoms with van der Waals surface area (Å²) in [6, 6.07) is 0.176. The van der Waals surface area contributed by atoms with E-state index in [1.165, 1.54) is 17.6 Å². The molecular weight excluding hydrogens is 310 g/mol. The molecule has 118 valence electrons. The fraction of sp³-hybridized carbons (Fsp3) is 0.692. The summed E-state index contributed by atoms with van der Waals surface area (Å²) in [4.78, 5) is 18.1. The van der Waals surface area contributed by atoms with Gasteiger partial charge in [-0.2, -0.15) is 0 Å². The van der Waals surface area contributed by atoms with Gasteiger partial charge in [-0.05, 0) is 25.8 Å². The Hall–Kier alpha value is -0.990. The zero-order valence-electron chi connectivity index (χ0n) is 12.1. The SMILES string of the molecule is CS(=O)(=O)CCC1CCCCN1CC(=O)Nc1nccs1. The summed E-state index contributed by atoms with van der Waals surface area (Å²) in [5.41, 5.74) is 0. The second-order valence-electron chi connectivity index (χ2n) is 5.42. The van der Waals surface area contributed by atoms with Crippen LogP contribution in [0.3, 0.4) is 0 Å². The Morgan fingerprint density at radius 2 is 2.33 bits per heavy atom. The molecule has 1 aromatic heterocycles. The third kappa shape index (κ3) is 5.72. The molecule has 8 heteroatoms. The molecule has 1 unspecified atom stereocenters. The number of nitrogens with one attached hydrogen (secondary N) is 1. The molecule has 0 radical (unpaired) electrons. The number of thiazole rings is 1. The standard InChI is InChI=1S/C13H21N3O3S2/c1-21(18,19)9-5-11-4-2-3-7-16(11)10-12(17)15-13-14-6-8-20-13/h6,8,11H,2-5,7,9-10H2,1H3,(H,14,15,17). The van der Waals surface area contributed by atoms with Gasteiger partial charge in [0, 0.05) is 23.9 Å². The van der Waals surface area contributed by atoms with Gasteiger partial charge in [0.25, 0.3) is 0 Å². The van der Waals surface area contributed by atoms with Crippen molar-refractivity contribution in [2.45, 2.75) is 31.7 Å². The predicted molar refractivity (Wildman–Crippen MR) is 84.3 cm³/mol. The minimum absolute atomic E-state index is 0.0868. The van der Waals surface area contributed by atoms with Crippen molar-refractivity contribution in [2.24, 2.45) is 0 Å². The molecule has 2 rings (SSSR count). The van der Waals surface area contributed by atoms with Gasteiger partial charge in [0.1, 0.15) is 9.84 Å². The molecule has 0 aromatic carbocycles. The quantitative estimate of drug-likeness (QED) is 0.852. The van der Waals surface area contributed by atoms with Gasteiger partial charge >= 0.3 is 0 Å². The fourth-order valence-electron chi connectivity index (χ4n) is 2.57. The maximum atomic E-state index is 12.0. The molecule has 1 fully saturated rings. The number of nitrogens with zero attached hydrogens (tertiary/aromatic N) is 2. The van der Waals surface area contributed by atoms with Crippen molar-refractivity contribution >= 4 is 32.2 Å². The van der Waals surface area contributed by atoms with Crippen LogP contribution in [0.15, 0.2) is 11.6 Å². The van der Waals surface area contributed by atoms with Gasteiger partial charge in [-0.3, -0.25) is 9.69 Å². The third-order valence-electron chi connectivity index (χ3n) is 3.60. The molecule has 6 nitrogen and oxygen atoms in total. The average molecular weight is 331 g/mol. The van der Waals surface area contributed by atoms with Crippen LogP contribution >= 0.6 is 11.3 Å². The number of sulfone groups is 1. The van der Waals surface area contributed by atoms with E-state index < -0.39 is 9.84 Å². The van der Waals surface area contributed by atoms with Gasteiger partial charge < -0.3 is 5.32 Å². The lowest BCUT2D eigenvalue weighted by Gasteiger charge is -2.35. The number of amides is 1. The van der Waals surface area contributed by atoms with Crippen LogP contribution in [0.2, 0.25) is 0 Å². The first-order valence-electron chi connectivity index (χ1n) is 7.05. The molecule has 1 saturated heterocycles. The van der Waals surface area contributed by atoms with Crippen LogP contribution < -0.4 is 5.32 Å². The van der Waals surface area contributed by atoms with Crippen LogP contribution in [0.25, 0.3) is 0 Å². The van der Waals surface area contributed by atoms with E-state index in [-0.39, 0.29) is 17.7 Å². The van der Waals surface area contributed by atoms with Crippen LogP contribution in [0.5, 0.6) is 0 Å². The molecule has 2 heterocycles. The molecule has 1 aliphatic rings. The van der Waals surface area contributed by atoms with Gasteiger partial charge in [-0.15, -0.1) is 11.3 Å². The largest absolute Gasteiger partial charge is 0.301 e. The molecule has 1 aliphatic heterocycles. The first-order chi connectivity index (χ1) is 9.94. The number of aromatic nitrogens is 1. The summed E-state index contributed by atoms with van der Waals surface area (Å²) in [6.45, 7) is 1.15. The van der Waals surface area contributed by atoms with Crippen LogP contribution in [0, 0.1) is 0 Å². The second kappa shape index (κ2) is 7.33. The van der Waals surface area contributed by atoms with Gasteiger partial charge in [-0.25, -0.2) is 13.4 Å². The Balaban J connectivity index is 1.87. The lowest BCUT2D eigenvalue weighted by Crippen LogP contribution is -2.44. The van der Waals surface area contributed by atoms with Crippen molar-refractivity contribution in [1.82, 2.24) is 9.88 Å². The van der Waals surface area contributed by atoms with Crippen molar-refractivity contribution in [2.75, 3.05) is 30.4 Å². The van der Waals surface area contributed by atoms with E-state index in [9.17, 15) is 13.2 Å². The van der Waals surface area contributed by atoms with E-state index in [4.69, 9.17) is 0 Å². The maximum Gasteiger partial charge on any atom is 0.240 e. The molecule has 21 heavy (non-hydrogen) atoms. The highest BCUT2D eigenvalue weighted by molar-refractivity contribution is 7.90. The molecule has 0 saturated carbocycles. The Morgan fingerprint density at radius 3 is 3.00 bits per heavy atom. The Labute approximate surface area is 129 Å². The number of carbonyl (C=O) groups is 1. The van der Waals surface area contributed by atoms with Crippen LogP contribution in [0.1, 0.15) is 25.7 Å². The van der Waals surface area contributed by atoms with Crippen molar-refractivity contribution in [1.29, 1.82) is 0 Å². The lowest BCUT2D eigenvalue weighted by molar-refractivity contribution is -0.118. The van der Waals surface area contributed by atoms with Crippen LogP contribution in [-0.2, 0) is 14.6 Å². The molecule has 0 bridgehead atoms. The zero-order valence-corrected chi connectivity index (χ0v) is 13.8. The Morgan fingerprint density at radius 1 is 1.52 bits per heavy atom. The maximum absolute atomic E-state index is 12.0. The molecular formula is C13H21N3O3S2. The van der Waals surface area contributed by atoms with Crippen molar-refractivity contribution in [3.05, 3.63) is 11.6 Å². The summed E-state index contributed by atoms with van der Waals surface area (Å²) in [5, 5.41) is 5.18. The van der Waals surface area contributed by atoms with Crippen LogP contribution in [-0.4, -0.2) is 55.3 Å². The van der Waals surface area contributed by atoms with Crippen molar-refractivity contribution in [3.63, 3.8) is 0 Å². The molecule has 1 atom stereocenters. The number of hydrogen-bond acceptors (Lipinski definition) is 6. The third-order valence-corrected chi connectivity index (χ3v) is 5.26. The smallest absolute Gasteiger partial charge is 0.240 e. The number of rotatable bonds is 6. The van der Waals surface area contributed by atoms with Gasteiger partial charge in [0.15, 0.2) is 5.13 Å². The fourth-order valence-corrected chi connectivity index (χ4v) is 3.82. The average Bonchev–Trinajstić information content (AvgIpc) is 2.89. The molecule has 0 spiro atoms. The van der Waals surface area contributed by atoms with Crippen molar-refractivity contribution < 1.29 is 13.2 Å². The summed E-state index contributed by atoms with van der Waals surface area (Å²) >= 11 is 1.39. The number of carbonyl (C=O) groups excluding carboxylic acids is 1. The Bertz CT molecular complexity index is 557. The Kier molecular flexibility index (Phi) is 5.72. The molecule has 0 aliphatic carbocycles. The summed E-state index contributed by atoms with van der Waals surface area (Å²) in [7, 11) is -2.95. The zero-order chi connectivity index (χ0) is 15.3. The molecule has 1 N–H and O–H groups in total. The lowest BCUT2D eigenvalue weighted by atomic mass is 10.00. The summed E-state index contributed by atoms with van der Waals surface area (Å²) < 4.78 is 22.6. The van der Waals surface area contributed by atoms with E-state index in [0.717, 1.165) is 25.8 Å². The first kappa shape index (κ1) is 16.4. The topological polar surface area (TPSA) is 79.4 Å². The minimum atomic E-state index is -2.95. The minimum Gasteiger partial charge on any atom is -0.301 e. The monoisotopic (exact) mass is 331 g/mol. The summed E-state index contributed by atoms with van der Waals surface area (Å²) in [6.07, 6.45) is 6.62. The number of piperidine rings is 1. The number of hydrogen-bond donors (Lipinski definition) is 1. The second-order valence-corrected chi connectivity index (χ2v) is 8.58. The first-order valence-corrected chi connectivity index (χ1v) is 9.99. The normalized spacial score (nSPS) is 20.3. The highest BCUT2D eigenvalue weighted by Crippen LogP contribution is 2.20. The van der Waals surface area contributed by atoms with Gasteiger partial charge in [-0.1, -0.05) is 6.42 Å². The summed E-state index contributed by atoms with van der Waals surface area (Å²) in [5.74, 6) is 0.0960. The number of likely N-dealkylation sites (tertiary alicyclic amines) is 1. The predicted octanol–water partition coefficient (Wildman–Crippen LogP) is 1.37. The number of anilines is 1. The van der Waals surface area contributed by atoms with E-state index in [0.29, 0.717) is 18.1 Å². The highest BCUT2D eigenvalue weighted by atomic mass is 32.2. The van der Waals surface area contributed by atoms with E-state index in [1.807, 2.05) is 5.38 Å². The molecule has 1 amide bonds. The van der Waals surface area contributed by atoms with Crippen LogP contribution in [0.4, 0.5) is 5.13 Å².